The van der Waals surface area contributed by atoms with E-state index in [-0.39, 0.29) is 17.4 Å². The van der Waals surface area contributed by atoms with Gasteiger partial charge in [0.1, 0.15) is 17.1 Å². The molecule has 4 nitrogen and oxygen atoms in total. The molecular formula is C19H23FN2O2. The van der Waals surface area contributed by atoms with Gasteiger partial charge in [-0.05, 0) is 51.3 Å². The lowest BCUT2D eigenvalue weighted by Gasteiger charge is -2.31. The fourth-order valence-electron chi connectivity index (χ4n) is 4.04. The average Bonchev–Trinajstić information content (AvgIpc) is 3.02. The molecule has 0 radical (unpaired) electrons. The third-order valence-corrected chi connectivity index (χ3v) is 5.66. The molecule has 5 heteroatoms. The normalized spacial score (nSPS) is 24.3. The molecule has 1 amide bonds. The third kappa shape index (κ3) is 2.29. The summed E-state index contributed by atoms with van der Waals surface area (Å²) in [5.74, 6) is 0.627. The summed E-state index contributed by atoms with van der Waals surface area (Å²) in [4.78, 5) is 18.1. The van der Waals surface area contributed by atoms with Crippen molar-refractivity contribution in [2.45, 2.75) is 44.3 Å². The summed E-state index contributed by atoms with van der Waals surface area (Å²) < 4.78 is 19.9. The number of alkyl halides is 1. The fourth-order valence-corrected chi connectivity index (χ4v) is 4.04. The first-order chi connectivity index (χ1) is 11.3. The van der Waals surface area contributed by atoms with Gasteiger partial charge in [-0.2, -0.15) is 0 Å². The molecule has 1 aliphatic heterocycles. The van der Waals surface area contributed by atoms with E-state index in [1.807, 2.05) is 43.0 Å². The van der Waals surface area contributed by atoms with Gasteiger partial charge in [-0.1, -0.05) is 6.07 Å². The minimum Gasteiger partial charge on any atom is -0.496 e. The van der Waals surface area contributed by atoms with Crippen molar-refractivity contribution < 1.29 is 13.9 Å². The van der Waals surface area contributed by atoms with Gasteiger partial charge in [-0.25, -0.2) is 4.39 Å². The molecule has 2 aromatic rings. The topological polar surface area (TPSA) is 45.3 Å². The number of aromatic amines is 1. The number of fused-ring (bicyclic) bond motifs is 1. The van der Waals surface area contributed by atoms with Crippen molar-refractivity contribution in [1.29, 1.82) is 0 Å². The number of nitrogens with zero attached hydrogens (tertiary/aromatic N) is 1. The van der Waals surface area contributed by atoms with Gasteiger partial charge in [0.2, 0.25) is 0 Å². The highest BCUT2D eigenvalue weighted by Gasteiger charge is 2.56. The van der Waals surface area contributed by atoms with E-state index in [0.717, 1.165) is 23.1 Å². The summed E-state index contributed by atoms with van der Waals surface area (Å²) in [7, 11) is 1.62. The van der Waals surface area contributed by atoms with Gasteiger partial charge in [0, 0.05) is 28.9 Å². The largest absolute Gasteiger partial charge is 0.496 e. The van der Waals surface area contributed by atoms with Gasteiger partial charge >= 0.3 is 0 Å². The van der Waals surface area contributed by atoms with E-state index in [4.69, 9.17) is 4.74 Å². The zero-order valence-corrected chi connectivity index (χ0v) is 14.4. The van der Waals surface area contributed by atoms with Crippen LogP contribution < -0.4 is 4.74 Å². The summed E-state index contributed by atoms with van der Waals surface area (Å²) in [6, 6.07) is 7.53. The number of rotatable bonds is 3. The number of benzene rings is 1. The standard InChI is InChI=1S/C19H23FN2O2/c1-18(2)10-12(19(20)7-8-19)11-22(18)17(23)15-9-13-14(21-15)5-4-6-16(13)24-3/h4-6,9,12,21H,7-8,10-11H2,1-3H3. The first-order valence-electron chi connectivity index (χ1n) is 8.51. The van der Waals surface area contributed by atoms with Crippen molar-refractivity contribution >= 4 is 16.8 Å². The van der Waals surface area contributed by atoms with Crippen LogP contribution in [-0.4, -0.2) is 40.7 Å². The lowest BCUT2D eigenvalue weighted by atomic mass is 9.92. The number of methoxy groups -OCH3 is 1. The molecule has 128 valence electrons. The van der Waals surface area contributed by atoms with E-state index in [9.17, 15) is 9.18 Å². The summed E-state index contributed by atoms with van der Waals surface area (Å²) in [6.07, 6.45) is 2.00. The van der Waals surface area contributed by atoms with Gasteiger partial charge in [0.05, 0.1) is 7.11 Å². The predicted molar refractivity (Wildman–Crippen MR) is 91.1 cm³/mol. The molecule has 2 aliphatic rings. The number of amides is 1. The number of nitrogens with one attached hydrogen (secondary N) is 1. The summed E-state index contributed by atoms with van der Waals surface area (Å²) in [6.45, 7) is 4.55. The van der Waals surface area contributed by atoms with Crippen LogP contribution in [0, 0.1) is 5.92 Å². The molecule has 1 saturated heterocycles. The Balaban J connectivity index is 1.66. The molecule has 1 atom stereocenters. The van der Waals surface area contributed by atoms with Crippen molar-refractivity contribution in [3.05, 3.63) is 30.0 Å². The Labute approximate surface area is 141 Å². The Morgan fingerprint density at radius 3 is 2.79 bits per heavy atom. The molecule has 0 bridgehead atoms. The average molecular weight is 330 g/mol. The number of hydrogen-bond donors (Lipinski definition) is 1. The Morgan fingerprint density at radius 2 is 2.12 bits per heavy atom. The van der Waals surface area contributed by atoms with E-state index in [1.54, 1.807) is 7.11 Å². The molecule has 2 heterocycles. The van der Waals surface area contributed by atoms with Gasteiger partial charge in [0.25, 0.3) is 5.91 Å². The Hall–Kier alpha value is -2.04. The Morgan fingerprint density at radius 1 is 1.38 bits per heavy atom. The van der Waals surface area contributed by atoms with Crippen LogP contribution in [0.4, 0.5) is 4.39 Å². The molecule has 0 spiro atoms. The van der Waals surface area contributed by atoms with Crippen LogP contribution in [0.1, 0.15) is 43.6 Å². The highest BCUT2D eigenvalue weighted by atomic mass is 19.1. The molecule has 1 aromatic carbocycles. The second kappa shape index (κ2) is 4.98. The number of H-pyrrole nitrogens is 1. The van der Waals surface area contributed by atoms with Gasteiger partial charge < -0.3 is 14.6 Å². The Bertz CT molecular complexity index is 807. The number of aromatic nitrogens is 1. The van der Waals surface area contributed by atoms with Gasteiger partial charge in [0.15, 0.2) is 0 Å². The van der Waals surface area contributed by atoms with E-state index in [0.29, 0.717) is 25.1 Å². The smallest absolute Gasteiger partial charge is 0.270 e. The monoisotopic (exact) mass is 330 g/mol. The molecule has 24 heavy (non-hydrogen) atoms. The maximum Gasteiger partial charge on any atom is 0.270 e. The lowest BCUT2D eigenvalue weighted by molar-refractivity contribution is 0.0641. The highest BCUT2D eigenvalue weighted by molar-refractivity contribution is 6.00. The number of hydrogen-bond acceptors (Lipinski definition) is 2. The summed E-state index contributed by atoms with van der Waals surface area (Å²) in [5, 5.41) is 0.890. The fraction of sp³-hybridized carbons (Fsp3) is 0.526. The lowest BCUT2D eigenvalue weighted by Crippen LogP contribution is -2.42. The minimum absolute atomic E-state index is 0.0460. The first kappa shape index (κ1) is 15.5. The second-order valence-electron chi connectivity index (χ2n) is 7.77. The second-order valence-corrected chi connectivity index (χ2v) is 7.77. The third-order valence-electron chi connectivity index (χ3n) is 5.66. The minimum atomic E-state index is -1.05. The SMILES string of the molecule is COc1cccc2[nH]c(C(=O)N3CC(C4(F)CC4)CC3(C)C)cc12. The van der Waals surface area contributed by atoms with E-state index >= 15 is 0 Å². The number of carbonyl (C=O) groups is 1. The molecule has 1 N–H and O–H groups in total. The van der Waals surface area contributed by atoms with Crippen LogP contribution in [0.15, 0.2) is 24.3 Å². The summed E-state index contributed by atoms with van der Waals surface area (Å²) >= 11 is 0. The summed E-state index contributed by atoms with van der Waals surface area (Å²) in [5.41, 5.74) is 0.0307. The maximum atomic E-state index is 14.5. The quantitative estimate of drug-likeness (QED) is 0.927. The highest BCUT2D eigenvalue weighted by Crippen LogP contribution is 2.53. The molecule has 1 saturated carbocycles. The van der Waals surface area contributed by atoms with E-state index in [2.05, 4.69) is 4.98 Å². The zero-order chi connectivity index (χ0) is 17.1. The molecule has 4 rings (SSSR count). The van der Waals surface area contributed by atoms with Crippen LogP contribution in [0.5, 0.6) is 5.75 Å². The number of likely N-dealkylation sites (tertiary alicyclic amines) is 1. The van der Waals surface area contributed by atoms with Crippen LogP contribution in [-0.2, 0) is 0 Å². The molecule has 1 aromatic heterocycles. The van der Waals surface area contributed by atoms with Gasteiger partial charge in [-0.3, -0.25) is 4.79 Å². The van der Waals surface area contributed by atoms with Crippen LogP contribution >= 0.6 is 0 Å². The zero-order valence-electron chi connectivity index (χ0n) is 14.4. The van der Waals surface area contributed by atoms with Crippen molar-refractivity contribution in [2.24, 2.45) is 5.92 Å². The molecule has 1 unspecified atom stereocenters. The van der Waals surface area contributed by atoms with E-state index < -0.39 is 5.67 Å². The van der Waals surface area contributed by atoms with Crippen molar-refractivity contribution in [1.82, 2.24) is 9.88 Å². The maximum absolute atomic E-state index is 14.5. The van der Waals surface area contributed by atoms with Crippen LogP contribution in [0.2, 0.25) is 0 Å². The van der Waals surface area contributed by atoms with Crippen molar-refractivity contribution in [2.75, 3.05) is 13.7 Å². The molecule has 2 fully saturated rings. The van der Waals surface area contributed by atoms with Gasteiger partial charge in [-0.15, -0.1) is 0 Å². The number of carbonyl (C=O) groups excluding carboxylic acids is 1. The number of ether oxygens (including phenoxy) is 1. The molecular weight excluding hydrogens is 307 g/mol. The number of halogens is 1. The van der Waals surface area contributed by atoms with E-state index in [1.165, 1.54) is 0 Å². The Kier molecular flexibility index (Phi) is 3.21. The van der Waals surface area contributed by atoms with Crippen molar-refractivity contribution in [3.8, 4) is 5.75 Å². The predicted octanol–water partition coefficient (Wildman–Crippen LogP) is 3.92. The van der Waals surface area contributed by atoms with Crippen molar-refractivity contribution in [3.63, 3.8) is 0 Å². The first-order valence-corrected chi connectivity index (χ1v) is 8.51. The van der Waals surface area contributed by atoms with Crippen LogP contribution in [0.25, 0.3) is 10.9 Å². The van der Waals surface area contributed by atoms with Crippen LogP contribution in [0.3, 0.4) is 0 Å². The molecule has 1 aliphatic carbocycles.